The zero-order valence-electron chi connectivity index (χ0n) is 12.1. The lowest BCUT2D eigenvalue weighted by atomic mass is 10.1. The van der Waals surface area contributed by atoms with Crippen molar-refractivity contribution in [3.8, 4) is 0 Å². The second-order valence-electron chi connectivity index (χ2n) is 4.91. The molecule has 0 spiro atoms. The minimum atomic E-state index is -0.558. The maximum Gasteiger partial charge on any atom is 0.256 e. The Balaban J connectivity index is 2.25. The lowest BCUT2D eigenvalue weighted by Crippen LogP contribution is -2.32. The van der Waals surface area contributed by atoms with Crippen LogP contribution < -0.4 is 5.73 Å². The van der Waals surface area contributed by atoms with Gasteiger partial charge in [-0.3, -0.25) is 4.79 Å². The summed E-state index contributed by atoms with van der Waals surface area (Å²) in [6.45, 7) is 3.09. The monoisotopic (exact) mass is 286 g/mol. The van der Waals surface area contributed by atoms with Crippen LogP contribution in [0.3, 0.4) is 0 Å². The maximum atomic E-state index is 13.5. The number of anilines is 1. The fourth-order valence-electron chi connectivity index (χ4n) is 2.22. The first-order valence-corrected chi connectivity index (χ1v) is 7.00. The molecule has 2 N–H and O–H groups in total. The van der Waals surface area contributed by atoms with E-state index in [1.807, 2.05) is 37.3 Å². The van der Waals surface area contributed by atoms with E-state index in [-0.39, 0.29) is 17.2 Å². The smallest absolute Gasteiger partial charge is 0.256 e. The second kappa shape index (κ2) is 6.88. The average molecular weight is 286 g/mol. The molecule has 0 aliphatic carbocycles. The maximum absolute atomic E-state index is 13.5. The number of nitrogen functional groups attached to an aromatic ring is 1. The highest BCUT2D eigenvalue weighted by Crippen LogP contribution is 2.19. The van der Waals surface area contributed by atoms with Gasteiger partial charge in [0, 0.05) is 13.1 Å². The second-order valence-corrected chi connectivity index (χ2v) is 4.91. The fraction of sp³-hybridized carbons (Fsp3) is 0.235. The number of nitrogens with two attached hydrogens (primary N) is 1. The van der Waals surface area contributed by atoms with Crippen LogP contribution in [0.1, 0.15) is 29.3 Å². The molecule has 1 amide bonds. The van der Waals surface area contributed by atoms with E-state index < -0.39 is 5.82 Å². The summed E-state index contributed by atoms with van der Waals surface area (Å²) in [6.07, 6.45) is 0.827. The summed E-state index contributed by atoms with van der Waals surface area (Å²) in [5.74, 6) is -0.797. The molecule has 0 atom stereocenters. The fourth-order valence-corrected chi connectivity index (χ4v) is 2.22. The molecule has 2 aromatic carbocycles. The first-order valence-electron chi connectivity index (χ1n) is 7.00. The van der Waals surface area contributed by atoms with Gasteiger partial charge in [0.2, 0.25) is 0 Å². The molecule has 0 saturated carbocycles. The van der Waals surface area contributed by atoms with Crippen molar-refractivity contribution in [3.05, 3.63) is 65.5 Å². The number of hydrogen-bond acceptors (Lipinski definition) is 2. The number of nitrogens with zero attached hydrogens (tertiary/aromatic N) is 1. The number of benzene rings is 2. The SMILES string of the molecule is CCCN(Cc1ccccc1)C(=O)c1cccc(F)c1N. The molecular weight excluding hydrogens is 267 g/mol. The van der Waals surface area contributed by atoms with Gasteiger partial charge in [0.1, 0.15) is 5.82 Å². The van der Waals surface area contributed by atoms with Crippen LogP contribution in [-0.2, 0) is 6.54 Å². The Morgan fingerprint density at radius 3 is 2.52 bits per heavy atom. The number of amides is 1. The molecule has 0 fully saturated rings. The topological polar surface area (TPSA) is 46.3 Å². The van der Waals surface area contributed by atoms with E-state index in [0.717, 1.165) is 12.0 Å². The number of carbonyl (C=O) groups excluding carboxylic acids is 1. The molecule has 0 radical (unpaired) electrons. The average Bonchev–Trinajstić information content (AvgIpc) is 2.50. The Kier molecular flexibility index (Phi) is 4.93. The third kappa shape index (κ3) is 3.60. The van der Waals surface area contributed by atoms with E-state index in [1.165, 1.54) is 12.1 Å². The van der Waals surface area contributed by atoms with Gasteiger partial charge in [-0.05, 0) is 24.1 Å². The number of rotatable bonds is 5. The molecule has 0 aliphatic rings. The highest BCUT2D eigenvalue weighted by atomic mass is 19.1. The molecule has 0 saturated heterocycles. The van der Waals surface area contributed by atoms with Crippen molar-refractivity contribution in [2.24, 2.45) is 0 Å². The molecule has 4 heteroatoms. The Morgan fingerprint density at radius 2 is 1.86 bits per heavy atom. The summed E-state index contributed by atoms with van der Waals surface area (Å²) in [6, 6.07) is 14.0. The predicted molar refractivity (Wildman–Crippen MR) is 82.3 cm³/mol. The Labute approximate surface area is 124 Å². The van der Waals surface area contributed by atoms with Crippen LogP contribution in [0.15, 0.2) is 48.5 Å². The largest absolute Gasteiger partial charge is 0.396 e. The van der Waals surface area contributed by atoms with Crippen molar-refractivity contribution >= 4 is 11.6 Å². The molecule has 21 heavy (non-hydrogen) atoms. The van der Waals surface area contributed by atoms with Crippen molar-refractivity contribution < 1.29 is 9.18 Å². The number of halogens is 1. The third-order valence-electron chi connectivity index (χ3n) is 3.28. The van der Waals surface area contributed by atoms with Crippen LogP contribution in [0.5, 0.6) is 0 Å². The zero-order chi connectivity index (χ0) is 15.2. The highest BCUT2D eigenvalue weighted by molar-refractivity contribution is 5.99. The lowest BCUT2D eigenvalue weighted by molar-refractivity contribution is 0.0744. The van der Waals surface area contributed by atoms with Crippen LogP contribution >= 0.6 is 0 Å². The summed E-state index contributed by atoms with van der Waals surface area (Å²) < 4.78 is 13.5. The van der Waals surface area contributed by atoms with E-state index in [4.69, 9.17) is 5.73 Å². The van der Waals surface area contributed by atoms with Gasteiger partial charge in [-0.2, -0.15) is 0 Å². The molecule has 0 heterocycles. The molecule has 3 nitrogen and oxygen atoms in total. The summed E-state index contributed by atoms with van der Waals surface area (Å²) in [5.41, 5.74) is 6.86. The molecule has 2 aromatic rings. The molecule has 2 rings (SSSR count). The molecule has 0 bridgehead atoms. The first-order chi connectivity index (χ1) is 10.1. The molecular formula is C17H19FN2O. The van der Waals surface area contributed by atoms with E-state index in [1.54, 1.807) is 11.0 Å². The Bertz CT molecular complexity index is 613. The normalized spacial score (nSPS) is 10.4. The number of hydrogen-bond donors (Lipinski definition) is 1. The molecule has 0 aliphatic heterocycles. The van der Waals surface area contributed by atoms with Gasteiger partial charge < -0.3 is 10.6 Å². The van der Waals surface area contributed by atoms with Gasteiger partial charge in [0.05, 0.1) is 11.3 Å². The van der Waals surface area contributed by atoms with E-state index >= 15 is 0 Å². The minimum absolute atomic E-state index is 0.0864. The van der Waals surface area contributed by atoms with Gasteiger partial charge in [-0.1, -0.05) is 43.3 Å². The quantitative estimate of drug-likeness (QED) is 0.856. The van der Waals surface area contributed by atoms with Gasteiger partial charge in [0.15, 0.2) is 0 Å². The lowest BCUT2D eigenvalue weighted by Gasteiger charge is -2.23. The minimum Gasteiger partial charge on any atom is -0.396 e. The summed E-state index contributed by atoms with van der Waals surface area (Å²) >= 11 is 0. The van der Waals surface area contributed by atoms with Crippen LogP contribution in [0, 0.1) is 5.82 Å². The van der Waals surface area contributed by atoms with Crippen molar-refractivity contribution in [3.63, 3.8) is 0 Å². The van der Waals surface area contributed by atoms with Crippen LogP contribution in [0.4, 0.5) is 10.1 Å². The van der Waals surface area contributed by atoms with E-state index in [2.05, 4.69) is 0 Å². The van der Waals surface area contributed by atoms with Crippen molar-refractivity contribution in [1.82, 2.24) is 4.90 Å². The molecule has 110 valence electrons. The Morgan fingerprint density at radius 1 is 1.14 bits per heavy atom. The van der Waals surface area contributed by atoms with Crippen molar-refractivity contribution in [2.75, 3.05) is 12.3 Å². The summed E-state index contributed by atoms with van der Waals surface area (Å²) in [5, 5.41) is 0. The molecule has 0 aromatic heterocycles. The predicted octanol–water partition coefficient (Wildman–Crippen LogP) is 3.46. The van der Waals surface area contributed by atoms with Crippen LogP contribution in [-0.4, -0.2) is 17.4 Å². The summed E-state index contributed by atoms with van der Waals surface area (Å²) in [7, 11) is 0. The van der Waals surface area contributed by atoms with Gasteiger partial charge in [0.25, 0.3) is 5.91 Å². The molecule has 0 unspecified atom stereocenters. The van der Waals surface area contributed by atoms with E-state index in [9.17, 15) is 9.18 Å². The number of para-hydroxylation sites is 1. The highest BCUT2D eigenvalue weighted by Gasteiger charge is 2.19. The zero-order valence-corrected chi connectivity index (χ0v) is 12.1. The van der Waals surface area contributed by atoms with Crippen molar-refractivity contribution in [2.45, 2.75) is 19.9 Å². The standard InChI is InChI=1S/C17H19FN2O/c1-2-11-20(12-13-7-4-3-5-8-13)17(21)14-9-6-10-15(18)16(14)19/h3-10H,2,11-12,19H2,1H3. The first kappa shape index (κ1) is 15.0. The number of carbonyl (C=O) groups is 1. The summed E-state index contributed by atoms with van der Waals surface area (Å²) in [4.78, 5) is 14.3. The van der Waals surface area contributed by atoms with Crippen molar-refractivity contribution in [1.29, 1.82) is 0 Å². The van der Waals surface area contributed by atoms with E-state index in [0.29, 0.717) is 13.1 Å². The Hall–Kier alpha value is -2.36. The van der Waals surface area contributed by atoms with Crippen LogP contribution in [0.2, 0.25) is 0 Å². The van der Waals surface area contributed by atoms with Crippen LogP contribution in [0.25, 0.3) is 0 Å². The van der Waals surface area contributed by atoms with Gasteiger partial charge >= 0.3 is 0 Å². The van der Waals surface area contributed by atoms with Gasteiger partial charge in [-0.15, -0.1) is 0 Å². The van der Waals surface area contributed by atoms with Gasteiger partial charge in [-0.25, -0.2) is 4.39 Å². The third-order valence-corrected chi connectivity index (χ3v) is 3.28.